The summed E-state index contributed by atoms with van der Waals surface area (Å²) in [5, 5.41) is 9.11. The van der Waals surface area contributed by atoms with E-state index in [1.165, 1.54) is 0 Å². The maximum absolute atomic E-state index is 11.7. The number of esters is 1. The largest absolute Gasteiger partial charge is 0.478 e. The molecule has 0 unspecified atom stereocenters. The first-order valence-electron chi connectivity index (χ1n) is 6.83. The number of hydrogen-bond donors (Lipinski definition) is 1. The van der Waals surface area contributed by atoms with Crippen LogP contribution in [0.3, 0.4) is 0 Å². The summed E-state index contributed by atoms with van der Waals surface area (Å²) in [5.74, 6) is -1.64. The van der Waals surface area contributed by atoms with E-state index in [0.717, 1.165) is 38.5 Å². The van der Waals surface area contributed by atoms with Crippen molar-refractivity contribution in [3.05, 3.63) is 10.1 Å². The summed E-state index contributed by atoms with van der Waals surface area (Å²) in [5.41, 5.74) is 0.106. The Balaban J connectivity index is 4.45. The van der Waals surface area contributed by atoms with Gasteiger partial charge < -0.3 is 9.84 Å². The zero-order valence-corrected chi connectivity index (χ0v) is 13.3. The molecule has 0 aliphatic heterocycles. The lowest BCUT2D eigenvalue weighted by Gasteiger charge is -2.07. The van der Waals surface area contributed by atoms with E-state index in [0.29, 0.717) is 13.0 Å². The van der Waals surface area contributed by atoms with Crippen molar-refractivity contribution in [2.24, 2.45) is 0 Å². The molecular weight excluding hydrogens is 312 g/mol. The highest BCUT2D eigenvalue weighted by Gasteiger charge is 2.19. The van der Waals surface area contributed by atoms with E-state index >= 15 is 0 Å². The molecule has 110 valence electrons. The van der Waals surface area contributed by atoms with Crippen molar-refractivity contribution in [1.29, 1.82) is 0 Å². The summed E-state index contributed by atoms with van der Waals surface area (Å²) in [6.45, 7) is 4.44. The van der Waals surface area contributed by atoms with Gasteiger partial charge in [0.15, 0.2) is 0 Å². The first-order chi connectivity index (χ1) is 9.04. The first-order valence-corrected chi connectivity index (χ1v) is 7.62. The number of aliphatic carboxylic acids is 1. The lowest BCUT2D eigenvalue weighted by atomic mass is 10.1. The molecule has 5 heteroatoms. The van der Waals surface area contributed by atoms with Crippen LogP contribution in [0.1, 0.15) is 58.8 Å². The molecule has 0 bridgehead atoms. The maximum Gasteiger partial charge on any atom is 0.345 e. The second-order valence-corrected chi connectivity index (χ2v) is 5.19. The molecule has 0 fully saturated rings. The minimum atomic E-state index is -1.06. The number of unbranched alkanes of at least 4 members (excludes halogenated alkanes) is 4. The quantitative estimate of drug-likeness (QED) is 0.372. The Morgan fingerprint density at radius 1 is 1.05 bits per heavy atom. The highest BCUT2D eigenvalue weighted by atomic mass is 79.9. The van der Waals surface area contributed by atoms with Gasteiger partial charge in [0.25, 0.3) is 0 Å². The fourth-order valence-corrected chi connectivity index (χ4v) is 2.05. The Morgan fingerprint density at radius 2 is 1.63 bits per heavy atom. The smallest absolute Gasteiger partial charge is 0.345 e. The van der Waals surface area contributed by atoms with Gasteiger partial charge in [-0.25, -0.2) is 9.59 Å². The number of carboxylic acids is 1. The van der Waals surface area contributed by atoms with Crippen molar-refractivity contribution in [2.45, 2.75) is 58.8 Å². The normalized spacial score (nSPS) is 11.9. The molecule has 0 aliphatic rings. The molecule has 0 saturated carbocycles. The van der Waals surface area contributed by atoms with Crippen LogP contribution >= 0.6 is 15.9 Å². The van der Waals surface area contributed by atoms with Gasteiger partial charge in [-0.3, -0.25) is 0 Å². The van der Waals surface area contributed by atoms with Crippen LogP contribution in [0.2, 0.25) is 0 Å². The van der Waals surface area contributed by atoms with Crippen molar-refractivity contribution < 1.29 is 19.4 Å². The molecule has 1 N–H and O–H groups in total. The van der Waals surface area contributed by atoms with Crippen LogP contribution in [0.5, 0.6) is 0 Å². The van der Waals surface area contributed by atoms with Crippen LogP contribution in [-0.4, -0.2) is 23.7 Å². The van der Waals surface area contributed by atoms with Gasteiger partial charge >= 0.3 is 11.9 Å². The zero-order chi connectivity index (χ0) is 14.7. The van der Waals surface area contributed by atoms with E-state index in [9.17, 15) is 9.59 Å². The van der Waals surface area contributed by atoms with Crippen LogP contribution in [0, 0.1) is 0 Å². The van der Waals surface area contributed by atoms with Crippen molar-refractivity contribution in [1.82, 2.24) is 0 Å². The predicted molar refractivity (Wildman–Crippen MR) is 78.2 cm³/mol. The first kappa shape index (κ1) is 18.2. The van der Waals surface area contributed by atoms with Crippen LogP contribution in [-0.2, 0) is 14.3 Å². The molecule has 0 rings (SSSR count). The van der Waals surface area contributed by atoms with E-state index in [4.69, 9.17) is 9.84 Å². The van der Waals surface area contributed by atoms with Gasteiger partial charge in [-0.1, -0.05) is 39.5 Å². The summed E-state index contributed by atoms with van der Waals surface area (Å²) in [4.78, 5) is 22.8. The van der Waals surface area contributed by atoms with Crippen molar-refractivity contribution in [3.8, 4) is 0 Å². The summed E-state index contributed by atoms with van der Waals surface area (Å²) in [6, 6.07) is 0. The topological polar surface area (TPSA) is 63.6 Å². The molecule has 0 heterocycles. The Kier molecular flexibility index (Phi) is 10.5. The minimum Gasteiger partial charge on any atom is -0.478 e. The average molecular weight is 335 g/mol. The molecule has 0 aromatic carbocycles. The SMILES string of the molecule is CCCCCOC(=O)C(Br)=C(CCCCC)C(=O)O. The van der Waals surface area contributed by atoms with Crippen LogP contribution in [0.15, 0.2) is 10.1 Å². The Morgan fingerprint density at radius 3 is 2.16 bits per heavy atom. The van der Waals surface area contributed by atoms with Gasteiger partial charge in [0.2, 0.25) is 0 Å². The summed E-state index contributed by atoms with van der Waals surface area (Å²) in [6.07, 6.45) is 5.95. The summed E-state index contributed by atoms with van der Waals surface area (Å²) < 4.78 is 5.09. The summed E-state index contributed by atoms with van der Waals surface area (Å²) in [7, 11) is 0. The Labute approximate surface area is 123 Å². The van der Waals surface area contributed by atoms with Crippen molar-refractivity contribution >= 4 is 27.9 Å². The molecule has 0 radical (unpaired) electrons. The van der Waals surface area contributed by atoms with Crippen molar-refractivity contribution in [3.63, 3.8) is 0 Å². The highest BCUT2D eigenvalue weighted by molar-refractivity contribution is 9.12. The van der Waals surface area contributed by atoms with Gasteiger partial charge in [-0.05, 0) is 35.2 Å². The van der Waals surface area contributed by atoms with E-state index < -0.39 is 11.9 Å². The van der Waals surface area contributed by atoms with Gasteiger partial charge in [-0.2, -0.15) is 0 Å². The highest BCUT2D eigenvalue weighted by Crippen LogP contribution is 2.20. The van der Waals surface area contributed by atoms with Crippen LogP contribution in [0.4, 0.5) is 0 Å². The summed E-state index contributed by atoms with van der Waals surface area (Å²) >= 11 is 3.06. The molecular formula is C14H23BrO4. The Bertz CT molecular complexity index is 323. The van der Waals surface area contributed by atoms with Gasteiger partial charge in [0.05, 0.1) is 12.2 Å². The molecule has 0 aromatic heterocycles. The molecule has 0 spiro atoms. The third-order valence-corrected chi connectivity index (χ3v) is 3.52. The van der Waals surface area contributed by atoms with E-state index in [2.05, 4.69) is 22.9 Å². The number of rotatable bonds is 10. The molecule has 0 atom stereocenters. The average Bonchev–Trinajstić information content (AvgIpc) is 2.38. The van der Waals surface area contributed by atoms with E-state index in [1.54, 1.807) is 0 Å². The lowest BCUT2D eigenvalue weighted by Crippen LogP contribution is -2.12. The standard InChI is InChI=1S/C14H23BrO4/c1-3-5-7-9-11(13(16)17)12(15)14(18)19-10-8-6-4-2/h3-10H2,1-2H3,(H,16,17). The Hall–Kier alpha value is -0.840. The van der Waals surface area contributed by atoms with Gasteiger partial charge in [-0.15, -0.1) is 0 Å². The fourth-order valence-electron chi connectivity index (χ4n) is 1.57. The van der Waals surface area contributed by atoms with Gasteiger partial charge in [0.1, 0.15) is 4.48 Å². The molecule has 4 nitrogen and oxygen atoms in total. The number of halogens is 1. The number of carbonyl (C=O) groups is 2. The molecule has 0 aromatic rings. The number of ether oxygens (including phenoxy) is 1. The number of carboxylic acid groups (broad SMARTS) is 1. The fraction of sp³-hybridized carbons (Fsp3) is 0.714. The monoisotopic (exact) mass is 334 g/mol. The van der Waals surface area contributed by atoms with Gasteiger partial charge in [0, 0.05) is 0 Å². The minimum absolute atomic E-state index is 0.0487. The predicted octanol–water partition coefficient (Wildman–Crippen LogP) is 4.03. The van der Waals surface area contributed by atoms with E-state index in [1.807, 2.05) is 6.92 Å². The van der Waals surface area contributed by atoms with E-state index in [-0.39, 0.29) is 10.1 Å². The van der Waals surface area contributed by atoms with Crippen LogP contribution in [0.25, 0.3) is 0 Å². The van der Waals surface area contributed by atoms with Crippen LogP contribution < -0.4 is 0 Å². The van der Waals surface area contributed by atoms with Crippen molar-refractivity contribution in [2.75, 3.05) is 6.61 Å². The third-order valence-electron chi connectivity index (χ3n) is 2.71. The number of carbonyl (C=O) groups excluding carboxylic acids is 1. The second kappa shape index (κ2) is 11.0. The molecule has 19 heavy (non-hydrogen) atoms. The third kappa shape index (κ3) is 8.03. The second-order valence-electron chi connectivity index (χ2n) is 4.40. The zero-order valence-electron chi connectivity index (χ0n) is 11.7. The number of hydrogen-bond acceptors (Lipinski definition) is 3. The lowest BCUT2D eigenvalue weighted by molar-refractivity contribution is -0.139. The molecule has 0 saturated heterocycles. The molecule has 0 aliphatic carbocycles. The molecule has 0 amide bonds. The maximum atomic E-state index is 11.7.